The van der Waals surface area contributed by atoms with E-state index in [-0.39, 0.29) is 6.10 Å². The second-order valence-corrected chi connectivity index (χ2v) is 5.52. The molecule has 1 aromatic carbocycles. The van der Waals surface area contributed by atoms with E-state index in [1.807, 2.05) is 24.3 Å². The molecule has 0 amide bonds. The number of nitrogens with zero attached hydrogens (tertiary/aromatic N) is 1. The van der Waals surface area contributed by atoms with E-state index in [9.17, 15) is 5.11 Å². The highest BCUT2D eigenvalue weighted by molar-refractivity contribution is 5.39. The second kappa shape index (κ2) is 9.78. The lowest BCUT2D eigenvalue weighted by Gasteiger charge is -2.23. The van der Waals surface area contributed by atoms with E-state index in [4.69, 9.17) is 5.73 Å². The number of aliphatic hydroxyl groups excluding tert-OH is 1. The van der Waals surface area contributed by atoms with Crippen molar-refractivity contribution >= 4 is 5.69 Å². The summed E-state index contributed by atoms with van der Waals surface area (Å²) in [5, 5.41) is 10.2. The third-order valence-corrected chi connectivity index (χ3v) is 3.70. The minimum absolute atomic E-state index is 0.388. The summed E-state index contributed by atoms with van der Waals surface area (Å²) in [6.07, 6.45) is 5.33. The van der Waals surface area contributed by atoms with Gasteiger partial charge in [0.2, 0.25) is 0 Å². The van der Waals surface area contributed by atoms with Crippen molar-refractivity contribution in [2.45, 2.75) is 52.1 Å². The molecule has 3 heteroatoms. The van der Waals surface area contributed by atoms with Crippen molar-refractivity contribution in [1.29, 1.82) is 0 Å². The van der Waals surface area contributed by atoms with Crippen molar-refractivity contribution in [1.82, 2.24) is 4.90 Å². The van der Waals surface area contributed by atoms with Crippen LogP contribution in [0, 0.1) is 0 Å². The van der Waals surface area contributed by atoms with Gasteiger partial charge in [0.1, 0.15) is 0 Å². The first-order valence-corrected chi connectivity index (χ1v) is 7.93. The van der Waals surface area contributed by atoms with Crippen LogP contribution in [0.4, 0.5) is 5.69 Å². The lowest BCUT2D eigenvalue weighted by molar-refractivity contribution is 0.140. The van der Waals surface area contributed by atoms with Gasteiger partial charge in [-0.1, -0.05) is 38.8 Å². The Bertz CT molecular complexity index is 343. The van der Waals surface area contributed by atoms with E-state index < -0.39 is 0 Å². The summed E-state index contributed by atoms with van der Waals surface area (Å²) in [7, 11) is 0. The molecule has 1 rings (SSSR count). The van der Waals surface area contributed by atoms with Crippen molar-refractivity contribution in [3.8, 4) is 0 Å². The quantitative estimate of drug-likeness (QED) is 0.643. The fourth-order valence-electron chi connectivity index (χ4n) is 2.29. The molecule has 114 valence electrons. The summed E-state index contributed by atoms with van der Waals surface area (Å²) in [6, 6.07) is 7.54. The molecule has 0 saturated carbocycles. The van der Waals surface area contributed by atoms with E-state index in [1.54, 1.807) is 0 Å². The SMILES string of the molecule is CCCCN(CCCC)CCC(O)c1ccc(N)cc1. The fourth-order valence-corrected chi connectivity index (χ4v) is 2.29. The number of anilines is 1. The second-order valence-electron chi connectivity index (χ2n) is 5.52. The summed E-state index contributed by atoms with van der Waals surface area (Å²) < 4.78 is 0. The van der Waals surface area contributed by atoms with E-state index in [0.717, 1.165) is 37.3 Å². The molecular weight excluding hydrogens is 248 g/mol. The average Bonchev–Trinajstić information content (AvgIpc) is 2.47. The monoisotopic (exact) mass is 278 g/mol. The van der Waals surface area contributed by atoms with Crippen LogP contribution in [0.3, 0.4) is 0 Å². The van der Waals surface area contributed by atoms with Crippen LogP contribution in [0.2, 0.25) is 0 Å². The number of aliphatic hydroxyl groups is 1. The molecule has 0 bridgehead atoms. The molecule has 0 heterocycles. The molecule has 0 spiro atoms. The molecule has 0 aromatic heterocycles. The van der Waals surface area contributed by atoms with Gasteiger partial charge in [-0.3, -0.25) is 0 Å². The highest BCUT2D eigenvalue weighted by atomic mass is 16.3. The largest absolute Gasteiger partial charge is 0.399 e. The van der Waals surface area contributed by atoms with Gasteiger partial charge in [-0.15, -0.1) is 0 Å². The molecule has 0 aliphatic carbocycles. The van der Waals surface area contributed by atoms with E-state index in [0.29, 0.717) is 0 Å². The lowest BCUT2D eigenvalue weighted by Crippen LogP contribution is -2.28. The zero-order valence-electron chi connectivity index (χ0n) is 13.0. The van der Waals surface area contributed by atoms with Gasteiger partial charge in [0.25, 0.3) is 0 Å². The van der Waals surface area contributed by atoms with Gasteiger partial charge in [-0.2, -0.15) is 0 Å². The Morgan fingerprint density at radius 2 is 1.55 bits per heavy atom. The van der Waals surface area contributed by atoms with Gasteiger partial charge < -0.3 is 15.7 Å². The van der Waals surface area contributed by atoms with Gasteiger partial charge >= 0.3 is 0 Å². The van der Waals surface area contributed by atoms with Crippen LogP contribution in [0.15, 0.2) is 24.3 Å². The number of unbranched alkanes of at least 4 members (excludes halogenated alkanes) is 2. The zero-order chi connectivity index (χ0) is 14.8. The van der Waals surface area contributed by atoms with Gasteiger partial charge in [-0.25, -0.2) is 0 Å². The molecule has 3 nitrogen and oxygen atoms in total. The maximum atomic E-state index is 10.2. The highest BCUT2D eigenvalue weighted by Crippen LogP contribution is 2.18. The van der Waals surface area contributed by atoms with Gasteiger partial charge in [-0.05, 0) is 50.0 Å². The Morgan fingerprint density at radius 1 is 1.00 bits per heavy atom. The Hall–Kier alpha value is -1.06. The normalized spacial score (nSPS) is 12.8. The lowest BCUT2D eigenvalue weighted by atomic mass is 10.1. The summed E-state index contributed by atoms with van der Waals surface area (Å²) >= 11 is 0. The standard InChI is InChI=1S/C17H30N2O/c1-3-5-12-19(13-6-4-2)14-11-17(20)15-7-9-16(18)10-8-15/h7-10,17,20H,3-6,11-14,18H2,1-2H3. The topological polar surface area (TPSA) is 49.5 Å². The average molecular weight is 278 g/mol. The van der Waals surface area contributed by atoms with Crippen molar-refractivity contribution in [3.63, 3.8) is 0 Å². The number of hydrogen-bond acceptors (Lipinski definition) is 3. The maximum Gasteiger partial charge on any atom is 0.0802 e. The summed E-state index contributed by atoms with van der Waals surface area (Å²) in [5.74, 6) is 0. The molecule has 3 N–H and O–H groups in total. The smallest absolute Gasteiger partial charge is 0.0802 e. The Morgan fingerprint density at radius 3 is 2.05 bits per heavy atom. The molecule has 0 fully saturated rings. The van der Waals surface area contributed by atoms with Crippen LogP contribution in [0.1, 0.15) is 57.6 Å². The first-order chi connectivity index (χ1) is 9.67. The Balaban J connectivity index is 2.41. The molecule has 1 atom stereocenters. The van der Waals surface area contributed by atoms with Crippen LogP contribution in [-0.2, 0) is 0 Å². The zero-order valence-corrected chi connectivity index (χ0v) is 13.0. The molecule has 0 aliphatic heterocycles. The van der Waals surface area contributed by atoms with Crippen molar-refractivity contribution < 1.29 is 5.11 Å². The van der Waals surface area contributed by atoms with Crippen LogP contribution in [-0.4, -0.2) is 29.6 Å². The molecule has 20 heavy (non-hydrogen) atoms. The van der Waals surface area contributed by atoms with Crippen LogP contribution >= 0.6 is 0 Å². The van der Waals surface area contributed by atoms with Crippen LogP contribution < -0.4 is 5.73 Å². The number of rotatable bonds is 10. The molecule has 0 aliphatic rings. The van der Waals surface area contributed by atoms with E-state index in [1.165, 1.54) is 25.7 Å². The fraction of sp³-hybridized carbons (Fsp3) is 0.647. The van der Waals surface area contributed by atoms with Crippen LogP contribution in [0.5, 0.6) is 0 Å². The Labute approximate surface area is 123 Å². The molecule has 0 saturated heterocycles. The summed E-state index contributed by atoms with van der Waals surface area (Å²) in [5.41, 5.74) is 7.38. The Kier molecular flexibility index (Phi) is 8.31. The minimum Gasteiger partial charge on any atom is -0.399 e. The van der Waals surface area contributed by atoms with E-state index in [2.05, 4.69) is 18.7 Å². The highest BCUT2D eigenvalue weighted by Gasteiger charge is 2.10. The van der Waals surface area contributed by atoms with Crippen molar-refractivity contribution in [2.75, 3.05) is 25.4 Å². The summed E-state index contributed by atoms with van der Waals surface area (Å²) in [4.78, 5) is 2.48. The number of nitrogen functional groups attached to an aromatic ring is 1. The third kappa shape index (κ3) is 6.40. The molecular formula is C17H30N2O. The molecule has 1 unspecified atom stereocenters. The number of benzene rings is 1. The number of nitrogens with two attached hydrogens (primary N) is 1. The predicted octanol–water partition coefficient (Wildman–Crippen LogP) is 3.59. The molecule has 0 radical (unpaired) electrons. The van der Waals surface area contributed by atoms with Gasteiger partial charge in [0.05, 0.1) is 6.10 Å². The first kappa shape index (κ1) is 17.0. The maximum absolute atomic E-state index is 10.2. The van der Waals surface area contributed by atoms with Crippen molar-refractivity contribution in [2.24, 2.45) is 0 Å². The first-order valence-electron chi connectivity index (χ1n) is 7.93. The third-order valence-electron chi connectivity index (χ3n) is 3.70. The predicted molar refractivity (Wildman–Crippen MR) is 86.7 cm³/mol. The number of hydrogen-bond donors (Lipinski definition) is 2. The van der Waals surface area contributed by atoms with Crippen LogP contribution in [0.25, 0.3) is 0 Å². The van der Waals surface area contributed by atoms with Crippen molar-refractivity contribution in [3.05, 3.63) is 29.8 Å². The minimum atomic E-state index is -0.388. The van der Waals surface area contributed by atoms with Gasteiger partial charge in [0.15, 0.2) is 0 Å². The van der Waals surface area contributed by atoms with E-state index >= 15 is 0 Å². The molecule has 1 aromatic rings. The van der Waals surface area contributed by atoms with Gasteiger partial charge in [0, 0.05) is 12.2 Å². The summed E-state index contributed by atoms with van der Waals surface area (Å²) in [6.45, 7) is 7.70.